The number of alkyl halides is 3. The molecule has 0 N–H and O–H groups in total. The molecule has 0 spiro atoms. The van der Waals surface area contributed by atoms with Gasteiger partial charge in [0.25, 0.3) is 0 Å². The Morgan fingerprint density at radius 3 is 2.62 bits per heavy atom. The Kier molecular flexibility index (Phi) is 5.75. The summed E-state index contributed by atoms with van der Waals surface area (Å²) in [6.07, 6.45) is -2.38. The minimum atomic E-state index is -4.49. The molecule has 140 valence electrons. The summed E-state index contributed by atoms with van der Waals surface area (Å²) >= 11 is 0. The quantitative estimate of drug-likeness (QED) is 0.415. The summed E-state index contributed by atoms with van der Waals surface area (Å²) in [5, 5.41) is 10.8. The number of nitro groups is 1. The van der Waals surface area contributed by atoms with E-state index in [-0.39, 0.29) is 30.4 Å². The number of ether oxygens (including phenoxy) is 2. The predicted octanol–water partition coefficient (Wildman–Crippen LogP) is 2.29. The normalized spacial score (nSPS) is 11.2. The molecule has 0 bridgehead atoms. The Morgan fingerprint density at radius 2 is 2.04 bits per heavy atom. The van der Waals surface area contributed by atoms with Gasteiger partial charge in [0.1, 0.15) is 19.3 Å². The van der Waals surface area contributed by atoms with Crippen LogP contribution in [-0.4, -0.2) is 44.8 Å². The molecule has 0 aliphatic heterocycles. The van der Waals surface area contributed by atoms with Crippen LogP contribution in [0.4, 0.5) is 19.0 Å². The van der Waals surface area contributed by atoms with Crippen LogP contribution >= 0.6 is 0 Å². The maximum atomic E-state index is 12.0. The number of imidazole rings is 1. The molecule has 0 radical (unpaired) electrons. The van der Waals surface area contributed by atoms with Gasteiger partial charge in [0.15, 0.2) is 12.4 Å². The lowest BCUT2D eigenvalue weighted by Gasteiger charge is -2.08. The molecule has 0 aromatic carbocycles. The van der Waals surface area contributed by atoms with E-state index in [0.29, 0.717) is 5.82 Å². The molecule has 26 heavy (non-hydrogen) atoms. The van der Waals surface area contributed by atoms with E-state index in [1.165, 1.54) is 10.6 Å². The van der Waals surface area contributed by atoms with Crippen LogP contribution in [0.2, 0.25) is 0 Å². The van der Waals surface area contributed by atoms with Crippen molar-refractivity contribution >= 4 is 11.8 Å². The number of nitrogens with zero attached hydrogens (tertiary/aromatic N) is 4. The van der Waals surface area contributed by atoms with Crippen LogP contribution in [0.25, 0.3) is 0 Å². The van der Waals surface area contributed by atoms with Crippen molar-refractivity contribution in [3.8, 4) is 5.88 Å². The molecule has 0 saturated carbocycles. The average Bonchev–Trinajstić information content (AvgIpc) is 2.94. The van der Waals surface area contributed by atoms with Gasteiger partial charge < -0.3 is 19.6 Å². The third-order valence-corrected chi connectivity index (χ3v) is 3.12. The Hall–Kier alpha value is -3.18. The Labute approximate surface area is 144 Å². The van der Waals surface area contributed by atoms with Gasteiger partial charge in [-0.1, -0.05) is 0 Å². The molecule has 2 aromatic heterocycles. The summed E-state index contributed by atoms with van der Waals surface area (Å²) in [5.41, 5.74) is 0.00112. The molecule has 0 unspecified atom stereocenters. The lowest BCUT2D eigenvalue weighted by atomic mass is 10.3. The monoisotopic (exact) mass is 374 g/mol. The summed E-state index contributed by atoms with van der Waals surface area (Å²) in [7, 11) is 0. The Balaban J connectivity index is 1.88. The highest BCUT2D eigenvalue weighted by atomic mass is 19.4. The number of aromatic nitrogens is 3. The fraction of sp³-hybridized carbons (Fsp3) is 0.357. The second-order valence-electron chi connectivity index (χ2n) is 5.00. The molecule has 12 heteroatoms. The summed E-state index contributed by atoms with van der Waals surface area (Å²) in [4.78, 5) is 29.5. The van der Waals surface area contributed by atoms with Gasteiger partial charge in [0, 0.05) is 19.2 Å². The van der Waals surface area contributed by atoms with Crippen molar-refractivity contribution in [3.05, 3.63) is 46.0 Å². The number of carbonyl (C=O) groups is 1. The first-order chi connectivity index (χ1) is 12.2. The van der Waals surface area contributed by atoms with Crippen molar-refractivity contribution in [2.75, 3.05) is 13.2 Å². The van der Waals surface area contributed by atoms with E-state index in [0.717, 1.165) is 18.5 Å². The molecule has 2 heterocycles. The predicted molar refractivity (Wildman–Crippen MR) is 79.7 cm³/mol. The standard InChI is InChI=1S/C14H13F3N4O5/c1-9-18-7-12(21(23)24)20(9)4-5-25-13(22)10-2-3-11(19-6-10)26-8-14(15,16)17/h2-3,6-7H,4-5,8H2,1H3. The van der Waals surface area contributed by atoms with Gasteiger partial charge in [-0.3, -0.25) is 0 Å². The largest absolute Gasteiger partial charge is 0.468 e. The molecule has 0 atom stereocenters. The first-order valence-corrected chi connectivity index (χ1v) is 7.16. The molecule has 0 fully saturated rings. The number of pyridine rings is 1. The molecule has 0 saturated heterocycles. The van der Waals surface area contributed by atoms with Crippen LogP contribution in [0.1, 0.15) is 16.2 Å². The van der Waals surface area contributed by atoms with Gasteiger partial charge in [0.05, 0.1) is 5.56 Å². The van der Waals surface area contributed by atoms with Crippen LogP contribution in [-0.2, 0) is 11.3 Å². The molecule has 2 rings (SSSR count). The molecule has 2 aromatic rings. The van der Waals surface area contributed by atoms with E-state index in [2.05, 4.69) is 14.7 Å². The van der Waals surface area contributed by atoms with Gasteiger partial charge >= 0.3 is 18.0 Å². The van der Waals surface area contributed by atoms with E-state index < -0.39 is 23.7 Å². The topological polar surface area (TPSA) is 109 Å². The molecular formula is C14H13F3N4O5. The molecule has 0 aliphatic rings. The van der Waals surface area contributed by atoms with Crippen molar-refractivity contribution in [2.24, 2.45) is 0 Å². The number of esters is 1. The van der Waals surface area contributed by atoms with E-state index in [1.807, 2.05) is 0 Å². The van der Waals surface area contributed by atoms with Gasteiger partial charge in [-0.25, -0.2) is 19.3 Å². The van der Waals surface area contributed by atoms with Gasteiger partial charge in [0.2, 0.25) is 5.88 Å². The van der Waals surface area contributed by atoms with Crippen molar-refractivity contribution in [3.63, 3.8) is 0 Å². The van der Waals surface area contributed by atoms with Gasteiger partial charge in [-0.15, -0.1) is 0 Å². The van der Waals surface area contributed by atoms with Crippen molar-refractivity contribution < 1.29 is 32.4 Å². The van der Waals surface area contributed by atoms with E-state index in [9.17, 15) is 28.1 Å². The van der Waals surface area contributed by atoms with E-state index in [1.54, 1.807) is 6.92 Å². The Morgan fingerprint density at radius 1 is 1.31 bits per heavy atom. The fourth-order valence-corrected chi connectivity index (χ4v) is 1.93. The number of carbonyl (C=O) groups excluding carboxylic acids is 1. The maximum Gasteiger partial charge on any atom is 0.422 e. The summed E-state index contributed by atoms with van der Waals surface area (Å²) < 4.78 is 46.8. The first kappa shape index (κ1) is 19.1. The zero-order valence-electron chi connectivity index (χ0n) is 13.4. The molecular weight excluding hydrogens is 361 g/mol. The zero-order valence-corrected chi connectivity index (χ0v) is 13.4. The number of halogens is 3. The highest BCUT2D eigenvalue weighted by Gasteiger charge is 2.28. The van der Waals surface area contributed by atoms with E-state index >= 15 is 0 Å². The molecule has 9 nitrogen and oxygen atoms in total. The minimum absolute atomic E-state index is 0.00112. The van der Waals surface area contributed by atoms with Crippen LogP contribution in [0, 0.1) is 17.0 Å². The molecule has 0 amide bonds. The second kappa shape index (κ2) is 7.80. The number of aryl methyl sites for hydroxylation is 1. The third-order valence-electron chi connectivity index (χ3n) is 3.12. The SMILES string of the molecule is Cc1ncc([N+](=O)[O-])n1CCOC(=O)c1ccc(OCC(F)(F)F)nc1. The molecule has 0 aliphatic carbocycles. The van der Waals surface area contributed by atoms with Crippen molar-refractivity contribution in [2.45, 2.75) is 19.6 Å². The van der Waals surface area contributed by atoms with Crippen LogP contribution in [0.3, 0.4) is 0 Å². The highest BCUT2D eigenvalue weighted by molar-refractivity contribution is 5.89. The van der Waals surface area contributed by atoms with Crippen LogP contribution < -0.4 is 4.74 Å². The first-order valence-electron chi connectivity index (χ1n) is 7.16. The van der Waals surface area contributed by atoms with E-state index in [4.69, 9.17) is 4.74 Å². The fourth-order valence-electron chi connectivity index (χ4n) is 1.93. The lowest BCUT2D eigenvalue weighted by Crippen LogP contribution is -2.19. The van der Waals surface area contributed by atoms with Crippen molar-refractivity contribution in [1.29, 1.82) is 0 Å². The smallest absolute Gasteiger partial charge is 0.422 e. The summed E-state index contributed by atoms with van der Waals surface area (Å²) in [5.74, 6) is -0.907. The summed E-state index contributed by atoms with van der Waals surface area (Å²) in [6, 6.07) is 2.30. The number of rotatable bonds is 7. The highest BCUT2D eigenvalue weighted by Crippen LogP contribution is 2.17. The van der Waals surface area contributed by atoms with Gasteiger partial charge in [-0.2, -0.15) is 13.2 Å². The lowest BCUT2D eigenvalue weighted by molar-refractivity contribution is -0.392. The minimum Gasteiger partial charge on any atom is -0.468 e. The maximum absolute atomic E-state index is 12.0. The summed E-state index contributed by atoms with van der Waals surface area (Å²) in [6.45, 7) is -0.0669. The zero-order chi connectivity index (χ0) is 19.3. The average molecular weight is 374 g/mol. The van der Waals surface area contributed by atoms with Crippen LogP contribution in [0.5, 0.6) is 5.88 Å². The van der Waals surface area contributed by atoms with Crippen molar-refractivity contribution in [1.82, 2.24) is 14.5 Å². The number of hydrogen-bond acceptors (Lipinski definition) is 7. The Bertz CT molecular complexity index is 789. The van der Waals surface area contributed by atoms with Crippen LogP contribution in [0.15, 0.2) is 24.5 Å². The third kappa shape index (κ3) is 5.16. The number of hydrogen-bond donors (Lipinski definition) is 0. The second-order valence-corrected chi connectivity index (χ2v) is 5.00. The van der Waals surface area contributed by atoms with Gasteiger partial charge in [-0.05, 0) is 11.0 Å².